The normalized spacial score (nSPS) is 12.2. The van der Waals surface area contributed by atoms with Crippen molar-refractivity contribution in [3.05, 3.63) is 95.3 Å². The van der Waals surface area contributed by atoms with Gasteiger partial charge in [-0.15, -0.1) is 0 Å². The van der Waals surface area contributed by atoms with E-state index in [4.69, 9.17) is 0 Å². The van der Waals surface area contributed by atoms with E-state index in [0.717, 1.165) is 11.1 Å². The third-order valence-corrected chi connectivity index (χ3v) is 5.92. The summed E-state index contributed by atoms with van der Waals surface area (Å²) in [6, 6.07) is 18.3. The summed E-state index contributed by atoms with van der Waals surface area (Å²) in [4.78, 5) is 12.5. The topological polar surface area (TPSA) is 75.3 Å². The lowest BCUT2D eigenvalue weighted by Crippen LogP contribution is -2.26. The Morgan fingerprint density at radius 3 is 2.17 bits per heavy atom. The van der Waals surface area contributed by atoms with Crippen LogP contribution in [0.15, 0.2) is 77.7 Å². The number of amides is 1. The van der Waals surface area contributed by atoms with Crippen LogP contribution in [0.2, 0.25) is 0 Å². The molecule has 0 aromatic heterocycles. The number of halogens is 1. The molecule has 3 rings (SSSR count). The van der Waals surface area contributed by atoms with Crippen molar-refractivity contribution in [1.29, 1.82) is 0 Å². The van der Waals surface area contributed by atoms with Gasteiger partial charge in [0, 0.05) is 5.56 Å². The molecule has 2 N–H and O–H groups in total. The Hall–Kier alpha value is -3.19. The van der Waals surface area contributed by atoms with E-state index >= 15 is 0 Å². The van der Waals surface area contributed by atoms with Gasteiger partial charge in [-0.25, -0.2) is 12.8 Å². The van der Waals surface area contributed by atoms with Crippen molar-refractivity contribution >= 4 is 21.6 Å². The summed E-state index contributed by atoms with van der Waals surface area (Å²) in [6.07, 6.45) is 0. The number of hydrogen-bond donors (Lipinski definition) is 2. The van der Waals surface area contributed by atoms with Gasteiger partial charge in [-0.3, -0.25) is 9.52 Å². The molecule has 0 aliphatic carbocycles. The molecular weight excluding hydrogens is 391 g/mol. The van der Waals surface area contributed by atoms with Crippen LogP contribution < -0.4 is 10.0 Å². The van der Waals surface area contributed by atoms with E-state index in [1.54, 1.807) is 31.2 Å². The van der Waals surface area contributed by atoms with Crippen molar-refractivity contribution < 1.29 is 17.6 Å². The van der Waals surface area contributed by atoms with E-state index in [2.05, 4.69) is 10.0 Å². The summed E-state index contributed by atoms with van der Waals surface area (Å²) in [5, 5.41) is 2.81. The molecule has 1 atom stereocenters. The summed E-state index contributed by atoms with van der Waals surface area (Å²) in [7, 11) is -3.77. The highest BCUT2D eigenvalue weighted by molar-refractivity contribution is 7.92. The fraction of sp³-hybridized carbons (Fsp3) is 0.136. The van der Waals surface area contributed by atoms with Crippen LogP contribution in [0.1, 0.15) is 34.5 Å². The molecule has 0 saturated heterocycles. The van der Waals surface area contributed by atoms with Crippen LogP contribution in [-0.2, 0) is 10.0 Å². The Bertz CT molecular complexity index is 1110. The van der Waals surface area contributed by atoms with Gasteiger partial charge in [0.25, 0.3) is 15.9 Å². The van der Waals surface area contributed by atoms with E-state index in [1.165, 1.54) is 36.4 Å². The first-order valence-electron chi connectivity index (χ1n) is 9.01. The van der Waals surface area contributed by atoms with Crippen molar-refractivity contribution in [1.82, 2.24) is 5.32 Å². The number of benzene rings is 3. The van der Waals surface area contributed by atoms with E-state index in [0.29, 0.717) is 11.3 Å². The Balaban J connectivity index is 1.71. The maximum absolute atomic E-state index is 13.0. The summed E-state index contributed by atoms with van der Waals surface area (Å²) >= 11 is 0. The quantitative estimate of drug-likeness (QED) is 0.629. The first-order chi connectivity index (χ1) is 13.8. The molecule has 29 heavy (non-hydrogen) atoms. The highest BCUT2D eigenvalue weighted by Gasteiger charge is 2.17. The van der Waals surface area contributed by atoms with Crippen molar-refractivity contribution in [2.75, 3.05) is 4.72 Å². The first kappa shape index (κ1) is 20.5. The van der Waals surface area contributed by atoms with E-state index < -0.39 is 10.0 Å². The summed E-state index contributed by atoms with van der Waals surface area (Å²) in [5.41, 5.74) is 2.40. The molecular formula is C22H21FN2O3S. The number of carbonyl (C=O) groups excluding carboxylic acids is 1. The number of carbonyl (C=O) groups is 1. The SMILES string of the molecule is Cc1ccccc1NS(=O)(=O)c1ccc(C(=O)N[C@H](C)c2ccc(F)cc2)cc1. The molecule has 0 unspecified atom stereocenters. The maximum atomic E-state index is 13.0. The van der Waals surface area contributed by atoms with Crippen molar-refractivity contribution in [2.45, 2.75) is 24.8 Å². The zero-order valence-corrected chi connectivity index (χ0v) is 16.8. The van der Waals surface area contributed by atoms with Gasteiger partial charge in [0.2, 0.25) is 0 Å². The van der Waals surface area contributed by atoms with Crippen molar-refractivity contribution in [3.63, 3.8) is 0 Å². The zero-order chi connectivity index (χ0) is 21.0. The minimum atomic E-state index is -3.77. The third kappa shape index (κ3) is 5.00. The molecule has 7 heteroatoms. The molecule has 0 saturated carbocycles. The Morgan fingerprint density at radius 1 is 0.931 bits per heavy atom. The molecule has 1 amide bonds. The van der Waals surface area contributed by atoms with Crippen LogP contribution >= 0.6 is 0 Å². The predicted octanol–water partition coefficient (Wildman–Crippen LogP) is 4.43. The maximum Gasteiger partial charge on any atom is 0.261 e. The largest absolute Gasteiger partial charge is 0.346 e. The molecule has 5 nitrogen and oxygen atoms in total. The fourth-order valence-electron chi connectivity index (χ4n) is 2.79. The number of para-hydroxylation sites is 1. The number of aryl methyl sites for hydroxylation is 1. The Morgan fingerprint density at radius 2 is 1.55 bits per heavy atom. The number of nitrogens with one attached hydrogen (secondary N) is 2. The van der Waals surface area contributed by atoms with E-state index in [9.17, 15) is 17.6 Å². The Labute approximate surface area is 169 Å². The molecule has 0 aliphatic rings. The van der Waals surface area contributed by atoms with Gasteiger partial charge in [-0.2, -0.15) is 0 Å². The van der Waals surface area contributed by atoms with Crippen LogP contribution in [0.25, 0.3) is 0 Å². The van der Waals surface area contributed by atoms with Gasteiger partial charge in [-0.05, 0) is 67.4 Å². The summed E-state index contributed by atoms with van der Waals surface area (Å²) < 4.78 is 40.7. The molecule has 3 aromatic carbocycles. The Kier molecular flexibility index (Phi) is 5.98. The van der Waals surface area contributed by atoms with Gasteiger partial charge in [0.15, 0.2) is 0 Å². The fourth-order valence-corrected chi connectivity index (χ4v) is 3.92. The summed E-state index contributed by atoms with van der Waals surface area (Å²) in [6.45, 7) is 3.60. The number of rotatable bonds is 6. The first-order valence-corrected chi connectivity index (χ1v) is 10.5. The molecule has 0 bridgehead atoms. The van der Waals surface area contributed by atoms with Crippen LogP contribution in [0.5, 0.6) is 0 Å². The number of sulfonamides is 1. The van der Waals surface area contributed by atoms with Gasteiger partial charge in [0.05, 0.1) is 16.6 Å². The van der Waals surface area contributed by atoms with Crippen molar-refractivity contribution in [2.24, 2.45) is 0 Å². The second kappa shape index (κ2) is 8.45. The lowest BCUT2D eigenvalue weighted by Gasteiger charge is -2.15. The van der Waals surface area contributed by atoms with Crippen molar-refractivity contribution in [3.8, 4) is 0 Å². The van der Waals surface area contributed by atoms with Gasteiger partial charge in [0.1, 0.15) is 5.82 Å². The molecule has 150 valence electrons. The van der Waals surface area contributed by atoms with E-state index in [1.807, 2.05) is 19.1 Å². The number of hydrogen-bond acceptors (Lipinski definition) is 3. The smallest absolute Gasteiger partial charge is 0.261 e. The molecule has 0 spiro atoms. The monoisotopic (exact) mass is 412 g/mol. The van der Waals surface area contributed by atoms with E-state index in [-0.39, 0.29) is 22.7 Å². The molecule has 0 heterocycles. The summed E-state index contributed by atoms with van der Waals surface area (Å²) in [5.74, 6) is -0.694. The molecule has 0 radical (unpaired) electrons. The van der Waals surface area contributed by atoms with Gasteiger partial charge < -0.3 is 5.32 Å². The highest BCUT2D eigenvalue weighted by Crippen LogP contribution is 2.20. The minimum absolute atomic E-state index is 0.0592. The average molecular weight is 412 g/mol. The lowest BCUT2D eigenvalue weighted by atomic mass is 10.1. The minimum Gasteiger partial charge on any atom is -0.346 e. The highest BCUT2D eigenvalue weighted by atomic mass is 32.2. The zero-order valence-electron chi connectivity index (χ0n) is 16.0. The predicted molar refractivity (Wildman–Crippen MR) is 111 cm³/mol. The van der Waals surface area contributed by atoms with Crippen LogP contribution in [0, 0.1) is 12.7 Å². The average Bonchev–Trinajstić information content (AvgIpc) is 2.70. The third-order valence-electron chi connectivity index (χ3n) is 4.53. The number of anilines is 1. The second-order valence-electron chi connectivity index (χ2n) is 6.69. The molecule has 0 aliphatic heterocycles. The van der Waals surface area contributed by atoms with Gasteiger partial charge >= 0.3 is 0 Å². The van der Waals surface area contributed by atoms with Gasteiger partial charge in [-0.1, -0.05) is 30.3 Å². The van der Waals surface area contributed by atoms with Crippen LogP contribution in [-0.4, -0.2) is 14.3 Å². The second-order valence-corrected chi connectivity index (χ2v) is 8.37. The molecule has 3 aromatic rings. The van der Waals surface area contributed by atoms with Crippen LogP contribution in [0.4, 0.5) is 10.1 Å². The molecule has 0 fully saturated rings. The lowest BCUT2D eigenvalue weighted by molar-refractivity contribution is 0.0940. The standard InChI is InChI=1S/C22H21FN2O3S/c1-15-5-3-4-6-21(15)25-29(27,28)20-13-9-18(10-14-20)22(26)24-16(2)17-7-11-19(23)12-8-17/h3-14,16,25H,1-2H3,(H,24,26)/t16-/m1/s1. The van der Waals surface area contributed by atoms with Crippen LogP contribution in [0.3, 0.4) is 0 Å².